The molecule has 2 rings (SSSR count). The van der Waals surface area contributed by atoms with Crippen LogP contribution in [-0.4, -0.2) is 5.11 Å². The largest absolute Gasteiger partial charge is 0.384 e. The van der Waals surface area contributed by atoms with Crippen molar-refractivity contribution in [2.75, 3.05) is 0 Å². The summed E-state index contributed by atoms with van der Waals surface area (Å²) < 4.78 is 26.1. The number of halogens is 3. The molecule has 19 heavy (non-hydrogen) atoms. The van der Waals surface area contributed by atoms with Crippen LogP contribution < -0.4 is 0 Å². The third kappa shape index (κ3) is 2.77. The molecule has 0 amide bonds. The van der Waals surface area contributed by atoms with E-state index >= 15 is 0 Å². The molecule has 1 nitrogen and oxygen atoms in total. The summed E-state index contributed by atoms with van der Waals surface area (Å²) in [5, 5.41) is 10.9. The van der Waals surface area contributed by atoms with E-state index in [9.17, 15) is 13.9 Å². The molecule has 0 bridgehead atoms. The van der Waals surface area contributed by atoms with Crippen molar-refractivity contribution in [1.29, 1.82) is 0 Å². The van der Waals surface area contributed by atoms with E-state index in [1.807, 2.05) is 13.8 Å². The molecule has 0 saturated heterocycles. The van der Waals surface area contributed by atoms with Crippen LogP contribution in [0.1, 0.15) is 28.4 Å². The van der Waals surface area contributed by atoms with Gasteiger partial charge in [0.1, 0.15) is 6.10 Å². The lowest BCUT2D eigenvalue weighted by molar-refractivity contribution is 0.218. The molecule has 0 aliphatic rings. The number of hydrogen-bond donors (Lipinski definition) is 1. The van der Waals surface area contributed by atoms with E-state index in [2.05, 4.69) is 0 Å². The average Bonchev–Trinajstić information content (AvgIpc) is 2.36. The normalized spacial score (nSPS) is 12.5. The van der Waals surface area contributed by atoms with Gasteiger partial charge >= 0.3 is 0 Å². The first-order chi connectivity index (χ1) is 8.90. The van der Waals surface area contributed by atoms with Crippen molar-refractivity contribution >= 4 is 11.6 Å². The molecule has 1 unspecified atom stereocenters. The van der Waals surface area contributed by atoms with Gasteiger partial charge < -0.3 is 5.11 Å². The molecule has 0 aliphatic carbocycles. The van der Waals surface area contributed by atoms with Crippen LogP contribution in [0.2, 0.25) is 5.02 Å². The zero-order chi connectivity index (χ0) is 14.2. The van der Waals surface area contributed by atoms with Crippen LogP contribution in [0.5, 0.6) is 0 Å². The quantitative estimate of drug-likeness (QED) is 0.870. The van der Waals surface area contributed by atoms with Crippen molar-refractivity contribution in [2.45, 2.75) is 20.0 Å². The Balaban J connectivity index is 2.46. The van der Waals surface area contributed by atoms with Crippen molar-refractivity contribution in [3.63, 3.8) is 0 Å². The number of aliphatic hydroxyl groups excluding tert-OH is 1. The maximum atomic E-state index is 13.2. The van der Waals surface area contributed by atoms with E-state index < -0.39 is 17.7 Å². The second-order valence-electron chi connectivity index (χ2n) is 4.53. The summed E-state index contributed by atoms with van der Waals surface area (Å²) in [6.07, 6.45) is -1.01. The first-order valence-electron chi connectivity index (χ1n) is 5.80. The van der Waals surface area contributed by atoms with Gasteiger partial charge in [-0.3, -0.25) is 0 Å². The second-order valence-corrected chi connectivity index (χ2v) is 4.94. The Morgan fingerprint density at radius 1 is 1.00 bits per heavy atom. The maximum absolute atomic E-state index is 13.2. The van der Waals surface area contributed by atoms with Crippen molar-refractivity contribution in [1.82, 2.24) is 0 Å². The topological polar surface area (TPSA) is 20.2 Å². The van der Waals surface area contributed by atoms with Crippen LogP contribution in [0.4, 0.5) is 8.78 Å². The molecule has 0 aliphatic heterocycles. The molecule has 0 spiro atoms. The van der Waals surface area contributed by atoms with Crippen LogP contribution in [-0.2, 0) is 0 Å². The summed E-state index contributed by atoms with van der Waals surface area (Å²) in [6.45, 7) is 3.63. The summed E-state index contributed by atoms with van der Waals surface area (Å²) in [7, 11) is 0. The van der Waals surface area contributed by atoms with Crippen molar-refractivity contribution in [3.8, 4) is 0 Å². The molecule has 1 N–H and O–H groups in total. The Morgan fingerprint density at radius 3 is 2.32 bits per heavy atom. The van der Waals surface area contributed by atoms with Gasteiger partial charge in [0.05, 0.1) is 0 Å². The number of benzene rings is 2. The fraction of sp³-hybridized carbons (Fsp3) is 0.200. The van der Waals surface area contributed by atoms with Gasteiger partial charge in [-0.15, -0.1) is 0 Å². The molecular formula is C15H13ClF2O. The lowest BCUT2D eigenvalue weighted by Gasteiger charge is -2.16. The van der Waals surface area contributed by atoms with Crippen LogP contribution in [0, 0.1) is 25.5 Å². The number of aliphatic hydroxyl groups is 1. The Labute approximate surface area is 115 Å². The van der Waals surface area contributed by atoms with Crippen LogP contribution >= 0.6 is 11.6 Å². The minimum atomic E-state index is -1.01. The fourth-order valence-electron chi connectivity index (χ4n) is 1.96. The van der Waals surface area contributed by atoms with Crippen LogP contribution in [0.25, 0.3) is 0 Å². The molecule has 0 saturated carbocycles. The highest BCUT2D eigenvalue weighted by molar-refractivity contribution is 6.31. The molecule has 0 aromatic heterocycles. The standard InChI is InChI=1S/C15H13ClF2O/c1-8-6-12(16)9(2)5-11(8)15(19)10-3-4-13(17)14(18)7-10/h3-7,15,19H,1-2H3. The molecule has 4 heteroatoms. The van der Waals surface area contributed by atoms with Crippen molar-refractivity contribution < 1.29 is 13.9 Å². The van der Waals surface area contributed by atoms with Gasteiger partial charge in [0.25, 0.3) is 0 Å². The van der Waals surface area contributed by atoms with E-state index in [4.69, 9.17) is 11.6 Å². The first kappa shape index (κ1) is 14.0. The summed E-state index contributed by atoms with van der Waals surface area (Å²) in [6, 6.07) is 6.88. The number of hydrogen-bond acceptors (Lipinski definition) is 1. The van der Waals surface area contributed by atoms with Crippen molar-refractivity contribution in [2.24, 2.45) is 0 Å². The molecule has 2 aromatic carbocycles. The summed E-state index contributed by atoms with van der Waals surface area (Å²) in [5.74, 6) is -1.90. The number of aryl methyl sites for hydroxylation is 2. The maximum Gasteiger partial charge on any atom is 0.159 e. The van der Waals surface area contributed by atoms with Gasteiger partial charge in [-0.1, -0.05) is 23.7 Å². The zero-order valence-corrected chi connectivity index (χ0v) is 11.3. The van der Waals surface area contributed by atoms with Gasteiger partial charge in [0.2, 0.25) is 0 Å². The number of rotatable bonds is 2. The predicted octanol–water partition coefficient (Wildman–Crippen LogP) is 4.32. The smallest absolute Gasteiger partial charge is 0.159 e. The Hall–Kier alpha value is -1.45. The van der Waals surface area contributed by atoms with Crippen LogP contribution in [0.15, 0.2) is 30.3 Å². The van der Waals surface area contributed by atoms with Gasteiger partial charge in [0.15, 0.2) is 11.6 Å². The average molecular weight is 283 g/mol. The SMILES string of the molecule is Cc1cc(C(O)c2ccc(F)c(F)c2)c(C)cc1Cl. The zero-order valence-electron chi connectivity index (χ0n) is 10.5. The summed E-state index contributed by atoms with van der Waals surface area (Å²) in [5.41, 5.74) is 2.56. The van der Waals surface area contributed by atoms with Gasteiger partial charge in [-0.25, -0.2) is 8.78 Å². The minimum absolute atomic E-state index is 0.309. The highest BCUT2D eigenvalue weighted by Gasteiger charge is 2.16. The lowest BCUT2D eigenvalue weighted by Crippen LogP contribution is -2.04. The highest BCUT2D eigenvalue weighted by Crippen LogP contribution is 2.29. The molecule has 2 aromatic rings. The summed E-state index contributed by atoms with van der Waals surface area (Å²) in [4.78, 5) is 0. The van der Waals surface area contributed by atoms with E-state index in [0.717, 1.165) is 23.3 Å². The van der Waals surface area contributed by atoms with E-state index in [0.29, 0.717) is 16.1 Å². The molecule has 0 radical (unpaired) electrons. The van der Waals surface area contributed by atoms with Gasteiger partial charge in [-0.2, -0.15) is 0 Å². The second kappa shape index (κ2) is 5.27. The predicted molar refractivity (Wildman–Crippen MR) is 71.3 cm³/mol. The Kier molecular flexibility index (Phi) is 3.88. The molecule has 100 valence electrons. The third-order valence-electron chi connectivity index (χ3n) is 3.10. The van der Waals surface area contributed by atoms with E-state index in [-0.39, 0.29) is 0 Å². The van der Waals surface area contributed by atoms with Gasteiger partial charge in [0, 0.05) is 5.02 Å². The van der Waals surface area contributed by atoms with Gasteiger partial charge in [-0.05, 0) is 54.3 Å². The third-order valence-corrected chi connectivity index (χ3v) is 3.51. The highest BCUT2D eigenvalue weighted by atomic mass is 35.5. The van der Waals surface area contributed by atoms with E-state index in [1.54, 1.807) is 12.1 Å². The molecule has 1 atom stereocenters. The minimum Gasteiger partial charge on any atom is -0.384 e. The molecular weight excluding hydrogens is 270 g/mol. The van der Waals surface area contributed by atoms with Crippen LogP contribution in [0.3, 0.4) is 0 Å². The first-order valence-corrected chi connectivity index (χ1v) is 6.17. The molecule has 0 heterocycles. The molecule has 0 fully saturated rings. The van der Waals surface area contributed by atoms with E-state index in [1.165, 1.54) is 6.07 Å². The lowest BCUT2D eigenvalue weighted by atomic mass is 9.96. The Morgan fingerprint density at radius 2 is 1.68 bits per heavy atom. The Bertz CT molecular complexity index is 626. The fourth-order valence-corrected chi connectivity index (χ4v) is 2.18. The van der Waals surface area contributed by atoms with Crippen molar-refractivity contribution in [3.05, 3.63) is 69.2 Å². The monoisotopic (exact) mass is 282 g/mol. The summed E-state index contributed by atoms with van der Waals surface area (Å²) >= 11 is 5.99.